The zero-order valence-electron chi connectivity index (χ0n) is 15.7. The Kier molecular flexibility index (Phi) is 16.0. The van der Waals surface area contributed by atoms with Gasteiger partial charge in [-0.2, -0.15) is 0 Å². The fourth-order valence-electron chi connectivity index (χ4n) is 2.97. The first-order chi connectivity index (χ1) is 11.5. The summed E-state index contributed by atoms with van der Waals surface area (Å²) in [6.07, 6.45) is 8.18. The molecular weight excluding hydrogens is 312 g/mol. The summed E-state index contributed by atoms with van der Waals surface area (Å²) in [7, 11) is 1.59. The lowest BCUT2D eigenvalue weighted by molar-refractivity contribution is 0.0473. The van der Waals surface area contributed by atoms with Crippen molar-refractivity contribution in [3.05, 3.63) is 0 Å². The van der Waals surface area contributed by atoms with Crippen molar-refractivity contribution in [2.45, 2.75) is 108 Å². The Hall–Kier alpha value is -0.260. The van der Waals surface area contributed by atoms with E-state index in [1.54, 1.807) is 7.05 Å². The van der Waals surface area contributed by atoms with Crippen molar-refractivity contribution < 1.29 is 19.0 Å². The third-order valence-electron chi connectivity index (χ3n) is 4.69. The van der Waals surface area contributed by atoms with E-state index in [1.165, 1.54) is 19.3 Å². The molecule has 146 valence electrons. The first-order valence-electron chi connectivity index (χ1n) is 9.78. The van der Waals surface area contributed by atoms with Crippen molar-refractivity contribution in [1.29, 1.82) is 0 Å². The number of hydrogen-bond acceptors (Lipinski definition) is 3. The molecule has 0 heterocycles. The van der Waals surface area contributed by atoms with E-state index in [4.69, 9.17) is 0 Å². The summed E-state index contributed by atoms with van der Waals surface area (Å²) in [6, 6.07) is -0.621. The molecule has 0 aromatic heterocycles. The summed E-state index contributed by atoms with van der Waals surface area (Å²) in [5.41, 5.74) is 0. The van der Waals surface area contributed by atoms with Gasteiger partial charge in [0, 0.05) is 6.42 Å². The highest BCUT2D eigenvalue weighted by atomic mass is 19.1. The third-order valence-corrected chi connectivity index (χ3v) is 4.69. The number of alkyl halides is 2. The summed E-state index contributed by atoms with van der Waals surface area (Å²) >= 11 is 0. The van der Waals surface area contributed by atoms with Gasteiger partial charge in [-0.3, -0.25) is 0 Å². The van der Waals surface area contributed by atoms with Gasteiger partial charge < -0.3 is 15.5 Å². The second-order valence-corrected chi connectivity index (χ2v) is 6.94. The minimum atomic E-state index is -0.877. The Bertz CT molecular complexity index is 266. The fraction of sp³-hybridized carbons (Fsp3) is 1.00. The number of aliphatic hydroxyl groups is 2. The number of nitrogens with one attached hydrogen (secondary N) is 1. The van der Waals surface area contributed by atoms with E-state index in [0.717, 1.165) is 32.1 Å². The Balaban J connectivity index is 3.54. The van der Waals surface area contributed by atoms with Crippen molar-refractivity contribution in [2.75, 3.05) is 13.7 Å². The van der Waals surface area contributed by atoms with Gasteiger partial charge in [-0.1, -0.05) is 58.3 Å². The van der Waals surface area contributed by atoms with Gasteiger partial charge >= 0.3 is 0 Å². The number of aliphatic hydroxyl groups excluding tert-OH is 2. The molecule has 0 fully saturated rings. The highest BCUT2D eigenvalue weighted by Gasteiger charge is 2.20. The maximum atomic E-state index is 13.7. The predicted octanol–water partition coefficient (Wildman–Crippen LogP) is 4.30. The van der Waals surface area contributed by atoms with Crippen LogP contribution in [0.1, 0.15) is 84.0 Å². The Morgan fingerprint density at radius 1 is 0.875 bits per heavy atom. The molecular formula is C19H39F2NO2. The molecule has 24 heavy (non-hydrogen) atoms. The highest BCUT2D eigenvalue weighted by Crippen LogP contribution is 2.17. The van der Waals surface area contributed by atoms with Gasteiger partial charge in [-0.15, -0.1) is 0 Å². The lowest BCUT2D eigenvalue weighted by Gasteiger charge is -2.22. The van der Waals surface area contributed by atoms with E-state index < -0.39 is 31.1 Å². The maximum Gasteiger partial charge on any atom is 0.107 e. The molecule has 0 bridgehead atoms. The molecule has 0 saturated heterocycles. The first kappa shape index (κ1) is 23.7. The van der Waals surface area contributed by atoms with E-state index >= 15 is 0 Å². The largest absolute Gasteiger partial charge is 0.393 e. The Morgan fingerprint density at radius 2 is 1.42 bits per heavy atom. The lowest BCUT2D eigenvalue weighted by atomic mass is 9.99. The summed E-state index contributed by atoms with van der Waals surface area (Å²) in [5.74, 6) is 0. The molecule has 4 unspecified atom stereocenters. The Morgan fingerprint density at radius 3 is 1.96 bits per heavy atom. The van der Waals surface area contributed by atoms with Gasteiger partial charge in [0.2, 0.25) is 0 Å². The van der Waals surface area contributed by atoms with Crippen LogP contribution in [0.4, 0.5) is 8.78 Å². The molecule has 0 rings (SSSR count). The molecule has 0 spiro atoms. The monoisotopic (exact) mass is 351 g/mol. The molecule has 0 amide bonds. The molecule has 0 radical (unpaired) electrons. The molecule has 0 aliphatic carbocycles. The summed E-state index contributed by atoms with van der Waals surface area (Å²) in [5, 5.41) is 22.3. The number of likely N-dealkylation sites (N-methyl/N-ethyl adjacent to an activating group) is 1. The zero-order chi connectivity index (χ0) is 18.2. The van der Waals surface area contributed by atoms with E-state index in [-0.39, 0.29) is 6.42 Å². The van der Waals surface area contributed by atoms with E-state index in [9.17, 15) is 19.0 Å². The van der Waals surface area contributed by atoms with Crippen LogP contribution >= 0.6 is 0 Å². The lowest BCUT2D eigenvalue weighted by Crippen LogP contribution is -2.41. The van der Waals surface area contributed by atoms with Crippen molar-refractivity contribution in [1.82, 2.24) is 5.32 Å². The van der Waals surface area contributed by atoms with E-state index in [0.29, 0.717) is 19.3 Å². The smallest absolute Gasteiger partial charge is 0.107 e. The van der Waals surface area contributed by atoms with Crippen molar-refractivity contribution in [3.8, 4) is 0 Å². The van der Waals surface area contributed by atoms with Crippen LogP contribution in [0.2, 0.25) is 0 Å². The Labute approximate surface area is 147 Å². The molecule has 0 saturated carbocycles. The van der Waals surface area contributed by atoms with Crippen LogP contribution < -0.4 is 5.32 Å². The molecule has 0 aliphatic rings. The van der Waals surface area contributed by atoms with Crippen LogP contribution in [0.25, 0.3) is 0 Å². The molecule has 3 nitrogen and oxygen atoms in total. The minimum Gasteiger partial charge on any atom is -0.393 e. The molecule has 5 heteroatoms. The molecule has 3 N–H and O–H groups in total. The van der Waals surface area contributed by atoms with Gasteiger partial charge in [0.05, 0.1) is 18.2 Å². The zero-order valence-corrected chi connectivity index (χ0v) is 15.7. The van der Waals surface area contributed by atoms with Crippen molar-refractivity contribution in [2.24, 2.45) is 0 Å². The average Bonchev–Trinajstić information content (AvgIpc) is 2.55. The fourth-order valence-corrected chi connectivity index (χ4v) is 2.97. The third kappa shape index (κ3) is 13.1. The van der Waals surface area contributed by atoms with Crippen LogP contribution in [0.5, 0.6) is 0 Å². The van der Waals surface area contributed by atoms with Crippen molar-refractivity contribution >= 4 is 0 Å². The first-order valence-corrected chi connectivity index (χ1v) is 9.78. The van der Waals surface area contributed by atoms with Crippen LogP contribution in [0.15, 0.2) is 0 Å². The van der Waals surface area contributed by atoms with Crippen LogP contribution in [-0.2, 0) is 0 Å². The van der Waals surface area contributed by atoms with Gasteiger partial charge in [0.1, 0.15) is 12.8 Å². The van der Waals surface area contributed by atoms with Gasteiger partial charge in [-0.25, -0.2) is 8.78 Å². The SMILES string of the molecule is CCCCCCCC(F)CCCCCC(O)CC(O)C(CF)NC. The molecule has 0 aromatic rings. The highest BCUT2D eigenvalue weighted by molar-refractivity contribution is 4.76. The second-order valence-electron chi connectivity index (χ2n) is 6.94. The van der Waals surface area contributed by atoms with Gasteiger partial charge in [0.25, 0.3) is 0 Å². The van der Waals surface area contributed by atoms with Gasteiger partial charge in [0.15, 0.2) is 0 Å². The second kappa shape index (κ2) is 16.2. The summed E-state index contributed by atoms with van der Waals surface area (Å²) in [4.78, 5) is 0. The normalized spacial score (nSPS) is 16.8. The maximum absolute atomic E-state index is 13.7. The number of unbranched alkanes of at least 4 members (excludes halogenated alkanes) is 6. The van der Waals surface area contributed by atoms with Crippen molar-refractivity contribution in [3.63, 3.8) is 0 Å². The minimum absolute atomic E-state index is 0.179. The predicted molar refractivity (Wildman–Crippen MR) is 96.8 cm³/mol. The van der Waals surface area contributed by atoms with Crippen LogP contribution in [0, 0.1) is 0 Å². The number of rotatable bonds is 17. The molecule has 0 aromatic carbocycles. The van der Waals surface area contributed by atoms with Crippen LogP contribution in [-0.4, -0.2) is 48.4 Å². The van der Waals surface area contributed by atoms with Gasteiger partial charge in [-0.05, 0) is 26.3 Å². The number of hydrogen-bond donors (Lipinski definition) is 3. The topological polar surface area (TPSA) is 52.5 Å². The average molecular weight is 352 g/mol. The van der Waals surface area contributed by atoms with E-state index in [2.05, 4.69) is 12.2 Å². The summed E-state index contributed by atoms with van der Waals surface area (Å²) in [6.45, 7) is 1.52. The standard InChI is InChI=1S/C19H39F2NO2/c1-3-4-5-6-8-11-16(21)12-9-7-10-13-17(23)14-19(24)18(15-20)22-2/h16-19,22-24H,3-15H2,1-2H3. The number of halogens is 2. The van der Waals surface area contributed by atoms with Crippen LogP contribution in [0.3, 0.4) is 0 Å². The summed E-state index contributed by atoms with van der Waals surface area (Å²) < 4.78 is 26.3. The molecule has 4 atom stereocenters. The quantitative estimate of drug-likeness (QED) is 0.342. The van der Waals surface area contributed by atoms with E-state index in [1.807, 2.05) is 0 Å². The molecule has 0 aliphatic heterocycles.